The molecule has 2 N–H and O–H groups in total. The minimum absolute atomic E-state index is 0.0129. The second kappa shape index (κ2) is 20.4. The van der Waals surface area contributed by atoms with Gasteiger partial charge in [-0.3, -0.25) is 4.57 Å². The molecule has 1 saturated heterocycles. The molecule has 5 rings (SSSR count). The summed E-state index contributed by atoms with van der Waals surface area (Å²) in [4.78, 5) is 11.4. The fourth-order valence-corrected chi connectivity index (χ4v) is 7.76. The second-order valence-corrected chi connectivity index (χ2v) is 14.5. The van der Waals surface area contributed by atoms with E-state index in [0.29, 0.717) is 6.61 Å². The summed E-state index contributed by atoms with van der Waals surface area (Å²) < 4.78 is 48.5. The van der Waals surface area contributed by atoms with E-state index in [2.05, 4.69) is 5.09 Å². The highest BCUT2D eigenvalue weighted by molar-refractivity contribution is 7.53. The first kappa shape index (κ1) is 38.6. The summed E-state index contributed by atoms with van der Waals surface area (Å²) in [6.45, 7) is 1.25. The average Bonchev–Trinajstić information content (AvgIpc) is 3.15. The van der Waals surface area contributed by atoms with E-state index < -0.39 is 38.3 Å². The number of rotatable bonds is 20. The zero-order chi connectivity index (χ0) is 35.0. The largest absolute Gasteiger partial charge is 0.374 e. The Bertz CT molecular complexity index is 1560. The number of nitrogens with zero attached hydrogens (tertiary/aromatic N) is 1. The van der Waals surface area contributed by atoms with E-state index in [-0.39, 0.29) is 51.3 Å². The van der Waals surface area contributed by atoms with Gasteiger partial charge >= 0.3 is 7.67 Å². The van der Waals surface area contributed by atoms with E-state index in [0.717, 1.165) is 22.3 Å². The number of hydrogen-bond acceptors (Lipinski definition) is 6. The molecule has 50 heavy (non-hydrogen) atoms. The van der Waals surface area contributed by atoms with Gasteiger partial charge in [-0.05, 0) is 22.3 Å². The van der Waals surface area contributed by atoms with Crippen molar-refractivity contribution in [1.82, 2.24) is 9.76 Å². The highest BCUT2D eigenvalue weighted by atomic mass is 35.5. The summed E-state index contributed by atoms with van der Waals surface area (Å²) in [7, 11) is -4.25. The summed E-state index contributed by atoms with van der Waals surface area (Å²) in [5, 5.41) is 2.70. The van der Waals surface area contributed by atoms with Gasteiger partial charge in [-0.25, -0.2) is 5.09 Å². The molecule has 0 bridgehead atoms. The Kier molecular flexibility index (Phi) is 15.8. The number of benzene rings is 4. The Balaban J connectivity index is 1.53. The molecular weight excluding hydrogens is 698 g/mol. The fourth-order valence-electron chi connectivity index (χ4n) is 5.79. The van der Waals surface area contributed by atoms with Crippen molar-refractivity contribution in [2.75, 3.05) is 31.5 Å². The first-order chi connectivity index (χ1) is 24.5. The summed E-state index contributed by atoms with van der Waals surface area (Å²) in [6.07, 6.45) is -4.17. The van der Waals surface area contributed by atoms with Gasteiger partial charge in [0, 0.05) is 24.8 Å². The fraction of sp³-hybridized carbons (Fsp3) is 0.368. The van der Waals surface area contributed by atoms with Gasteiger partial charge in [-0.1, -0.05) is 121 Å². The van der Waals surface area contributed by atoms with E-state index in [9.17, 15) is 9.46 Å². The van der Waals surface area contributed by atoms with Crippen LogP contribution in [0.3, 0.4) is 0 Å². The van der Waals surface area contributed by atoms with E-state index in [1.807, 2.05) is 121 Å². The third-order valence-electron chi connectivity index (χ3n) is 8.23. The molecule has 0 aromatic heterocycles. The highest BCUT2D eigenvalue weighted by Crippen LogP contribution is 2.46. The molecule has 12 heteroatoms. The third-order valence-corrected chi connectivity index (χ3v) is 10.3. The molecule has 268 valence electrons. The van der Waals surface area contributed by atoms with Crippen LogP contribution in [0.5, 0.6) is 0 Å². The molecule has 1 aliphatic heterocycles. The lowest BCUT2D eigenvalue weighted by Gasteiger charge is -2.49. The molecule has 1 fully saturated rings. The number of ether oxygens (including phenoxy) is 5. The maximum Gasteiger partial charge on any atom is 0.343 e. The van der Waals surface area contributed by atoms with Crippen molar-refractivity contribution >= 4 is 30.9 Å². The monoisotopic (exact) mass is 742 g/mol. The van der Waals surface area contributed by atoms with Crippen LogP contribution in [-0.2, 0) is 54.7 Å². The standard InChI is InChI=1S/C38H45Cl2N2O7P/c39-21-23-41-50(43,44)42(24-22-40)38-37(48-28-33-19-11-4-12-20-33)36(47-27-32-17-9-3-10-18-32)35(46-26-31-15-7-2-8-16-31)34(49-38)29-45-25-30-13-5-1-6-14-30/h1-20,34-38H,21-29H2,(H2,41,43,44)/t34-,35-,36+,37+,38?/m1/s1. The summed E-state index contributed by atoms with van der Waals surface area (Å²) in [5.41, 5.74) is 3.83. The van der Waals surface area contributed by atoms with Crippen LogP contribution in [0.2, 0.25) is 0 Å². The maximum absolute atomic E-state index is 14.0. The number of nitrogens with one attached hydrogen (secondary N) is 1. The zero-order valence-electron chi connectivity index (χ0n) is 27.8. The quantitative estimate of drug-likeness (QED) is 0.0723. The normalized spacial score (nSPS) is 22.0. The Hall–Kier alpha value is -2.63. The lowest BCUT2D eigenvalue weighted by Crippen LogP contribution is -2.65. The van der Waals surface area contributed by atoms with Gasteiger partial charge in [0.15, 0.2) is 0 Å². The van der Waals surface area contributed by atoms with Crippen LogP contribution in [0, 0.1) is 0 Å². The average molecular weight is 744 g/mol. The molecule has 0 spiro atoms. The Morgan fingerprint density at radius 3 is 1.54 bits per heavy atom. The van der Waals surface area contributed by atoms with Crippen LogP contribution in [0.15, 0.2) is 121 Å². The number of alkyl halides is 2. The number of halogens is 2. The predicted molar refractivity (Wildman–Crippen MR) is 196 cm³/mol. The SMILES string of the molecule is O=P(O)(NCCCl)N(CCCl)C1O[C@H](COCc2ccccc2)[C@@H](OCc2ccccc2)[C@H](OCc2ccccc2)[C@@H]1OCc1ccccc1. The van der Waals surface area contributed by atoms with Crippen LogP contribution in [0.4, 0.5) is 0 Å². The topological polar surface area (TPSA) is 98.7 Å². The van der Waals surface area contributed by atoms with Crippen LogP contribution in [-0.4, -0.2) is 71.7 Å². The van der Waals surface area contributed by atoms with Gasteiger partial charge in [0.25, 0.3) is 0 Å². The van der Waals surface area contributed by atoms with Crippen LogP contribution in [0.1, 0.15) is 22.3 Å². The molecule has 1 aliphatic rings. The lowest BCUT2D eigenvalue weighted by molar-refractivity contribution is -0.291. The molecule has 4 aromatic rings. The van der Waals surface area contributed by atoms with Crippen molar-refractivity contribution in [1.29, 1.82) is 0 Å². The van der Waals surface area contributed by atoms with Gasteiger partial charge in [0.05, 0.1) is 33.0 Å². The molecule has 9 nitrogen and oxygen atoms in total. The van der Waals surface area contributed by atoms with Gasteiger partial charge in [-0.15, -0.1) is 23.2 Å². The van der Waals surface area contributed by atoms with Crippen molar-refractivity contribution in [2.45, 2.75) is 57.1 Å². The Morgan fingerprint density at radius 2 is 1.08 bits per heavy atom. The molecular formula is C38H45Cl2N2O7P. The van der Waals surface area contributed by atoms with Gasteiger partial charge in [-0.2, -0.15) is 4.67 Å². The highest BCUT2D eigenvalue weighted by Gasteiger charge is 2.53. The van der Waals surface area contributed by atoms with E-state index >= 15 is 0 Å². The van der Waals surface area contributed by atoms with Gasteiger partial charge in [0.2, 0.25) is 0 Å². The van der Waals surface area contributed by atoms with E-state index in [1.165, 1.54) is 4.67 Å². The second-order valence-electron chi connectivity index (χ2n) is 11.8. The number of hydrogen-bond donors (Lipinski definition) is 2. The van der Waals surface area contributed by atoms with Crippen LogP contribution in [0.25, 0.3) is 0 Å². The Morgan fingerprint density at radius 1 is 0.640 bits per heavy atom. The van der Waals surface area contributed by atoms with Gasteiger partial charge in [0.1, 0.15) is 30.6 Å². The first-order valence-corrected chi connectivity index (χ1v) is 19.4. The molecule has 0 aliphatic carbocycles. The minimum atomic E-state index is -4.25. The first-order valence-electron chi connectivity index (χ1n) is 16.7. The molecule has 0 saturated carbocycles. The molecule has 0 amide bonds. The smallest absolute Gasteiger partial charge is 0.343 e. The van der Waals surface area contributed by atoms with Crippen molar-refractivity contribution in [2.24, 2.45) is 0 Å². The summed E-state index contributed by atoms with van der Waals surface area (Å²) in [6, 6.07) is 39.2. The minimum Gasteiger partial charge on any atom is -0.374 e. The molecule has 0 radical (unpaired) electrons. The predicted octanol–water partition coefficient (Wildman–Crippen LogP) is 7.15. The van der Waals surface area contributed by atoms with E-state index in [4.69, 9.17) is 46.9 Å². The van der Waals surface area contributed by atoms with Crippen molar-refractivity contribution in [3.8, 4) is 0 Å². The van der Waals surface area contributed by atoms with Crippen molar-refractivity contribution in [3.05, 3.63) is 144 Å². The molecule has 6 atom stereocenters. The van der Waals surface area contributed by atoms with E-state index in [1.54, 1.807) is 0 Å². The lowest BCUT2D eigenvalue weighted by atomic mass is 9.96. The molecule has 2 unspecified atom stereocenters. The molecule has 4 aromatic carbocycles. The van der Waals surface area contributed by atoms with Crippen LogP contribution < -0.4 is 5.09 Å². The van der Waals surface area contributed by atoms with Crippen molar-refractivity contribution < 1.29 is 33.1 Å². The summed E-state index contributed by atoms with van der Waals surface area (Å²) >= 11 is 12.2. The maximum atomic E-state index is 14.0. The zero-order valence-corrected chi connectivity index (χ0v) is 30.3. The molecule has 1 heterocycles. The van der Waals surface area contributed by atoms with Crippen molar-refractivity contribution in [3.63, 3.8) is 0 Å². The van der Waals surface area contributed by atoms with Gasteiger partial charge < -0.3 is 28.6 Å². The summed E-state index contributed by atoms with van der Waals surface area (Å²) in [5.74, 6) is 0.184. The van der Waals surface area contributed by atoms with Crippen LogP contribution >= 0.6 is 30.9 Å². The third kappa shape index (κ3) is 11.4. The Labute approximate surface area is 304 Å².